The summed E-state index contributed by atoms with van der Waals surface area (Å²) in [7, 11) is 3.26. The molecule has 19 heavy (non-hydrogen) atoms. The number of benzene rings is 1. The van der Waals surface area contributed by atoms with E-state index >= 15 is 0 Å². The molecule has 1 amide bonds. The van der Waals surface area contributed by atoms with Crippen LogP contribution in [0.2, 0.25) is 0 Å². The number of piperidine rings is 1. The molecule has 1 saturated heterocycles. The van der Waals surface area contributed by atoms with Gasteiger partial charge in [0.15, 0.2) is 11.6 Å². The molecule has 1 fully saturated rings. The second-order valence-electron chi connectivity index (χ2n) is 4.86. The third kappa shape index (κ3) is 3.44. The highest BCUT2D eigenvalue weighted by atomic mass is 19.1. The summed E-state index contributed by atoms with van der Waals surface area (Å²) in [6.45, 7) is 1.30. The molecule has 1 atom stereocenters. The number of amides is 1. The number of ether oxygens (including phenoxy) is 1. The molecule has 104 valence electrons. The number of carbonyl (C=O) groups is 1. The van der Waals surface area contributed by atoms with Crippen molar-refractivity contribution < 1.29 is 13.9 Å². The highest BCUT2D eigenvalue weighted by Gasteiger charge is 2.22. The Balaban J connectivity index is 1.89. The summed E-state index contributed by atoms with van der Waals surface area (Å²) in [6, 6.07) is 5.21. The van der Waals surface area contributed by atoms with Crippen LogP contribution < -0.4 is 10.1 Å². The number of nitrogens with one attached hydrogen (secondary N) is 1. The zero-order valence-corrected chi connectivity index (χ0v) is 11.3. The lowest BCUT2D eigenvalue weighted by atomic mass is 10.1. The van der Waals surface area contributed by atoms with Crippen LogP contribution in [-0.4, -0.2) is 37.6 Å². The van der Waals surface area contributed by atoms with Gasteiger partial charge in [0.2, 0.25) is 5.91 Å². The minimum Gasteiger partial charge on any atom is -0.494 e. The number of hydrogen-bond donors (Lipinski definition) is 1. The highest BCUT2D eigenvalue weighted by Crippen LogP contribution is 2.18. The van der Waals surface area contributed by atoms with Gasteiger partial charge in [-0.05, 0) is 24.1 Å². The number of nitrogens with zero attached hydrogens (tertiary/aromatic N) is 1. The van der Waals surface area contributed by atoms with Crippen molar-refractivity contribution in [3.05, 3.63) is 29.6 Å². The maximum Gasteiger partial charge on any atom is 0.222 e. The van der Waals surface area contributed by atoms with E-state index in [1.807, 2.05) is 13.1 Å². The number of likely N-dealkylation sites (N-methyl/N-ethyl adjacent to an activating group) is 1. The summed E-state index contributed by atoms with van der Waals surface area (Å²) in [4.78, 5) is 13.1. The van der Waals surface area contributed by atoms with Crippen LogP contribution in [0.25, 0.3) is 0 Å². The van der Waals surface area contributed by atoms with Crippen molar-refractivity contribution in [3.63, 3.8) is 0 Å². The SMILES string of the molecule is COc1ccc(CNC2CCC(=O)N(C)C2)cc1F. The first kappa shape index (κ1) is 13.8. The van der Waals surface area contributed by atoms with Crippen molar-refractivity contribution in [1.82, 2.24) is 10.2 Å². The summed E-state index contributed by atoms with van der Waals surface area (Å²) in [6.07, 6.45) is 1.41. The molecule has 2 rings (SSSR count). The minimum absolute atomic E-state index is 0.188. The molecule has 1 aliphatic heterocycles. The molecular weight excluding hydrogens is 247 g/mol. The minimum atomic E-state index is -0.349. The molecule has 1 unspecified atom stereocenters. The van der Waals surface area contributed by atoms with Crippen molar-refractivity contribution in [2.24, 2.45) is 0 Å². The van der Waals surface area contributed by atoms with Gasteiger partial charge < -0.3 is 15.0 Å². The molecular formula is C14H19FN2O2. The van der Waals surface area contributed by atoms with Crippen LogP contribution in [0.4, 0.5) is 4.39 Å². The smallest absolute Gasteiger partial charge is 0.222 e. The maximum atomic E-state index is 13.5. The van der Waals surface area contributed by atoms with Crippen molar-refractivity contribution in [2.75, 3.05) is 20.7 Å². The van der Waals surface area contributed by atoms with Gasteiger partial charge in [-0.1, -0.05) is 6.07 Å². The number of carbonyl (C=O) groups excluding carboxylic acids is 1. The van der Waals surface area contributed by atoms with Gasteiger partial charge in [-0.25, -0.2) is 4.39 Å². The monoisotopic (exact) mass is 266 g/mol. The normalized spacial score (nSPS) is 19.6. The van der Waals surface area contributed by atoms with Gasteiger partial charge in [0.05, 0.1) is 7.11 Å². The van der Waals surface area contributed by atoms with Gasteiger partial charge in [0.1, 0.15) is 0 Å². The Bertz CT molecular complexity index is 465. The van der Waals surface area contributed by atoms with Crippen molar-refractivity contribution in [3.8, 4) is 5.75 Å². The lowest BCUT2D eigenvalue weighted by Gasteiger charge is -2.30. The predicted molar refractivity (Wildman–Crippen MR) is 70.5 cm³/mol. The predicted octanol–water partition coefficient (Wildman–Crippen LogP) is 1.54. The Morgan fingerprint density at radius 2 is 2.32 bits per heavy atom. The zero-order chi connectivity index (χ0) is 13.8. The molecule has 0 spiro atoms. The lowest BCUT2D eigenvalue weighted by molar-refractivity contribution is -0.132. The first-order valence-corrected chi connectivity index (χ1v) is 6.40. The molecule has 0 bridgehead atoms. The quantitative estimate of drug-likeness (QED) is 0.899. The van der Waals surface area contributed by atoms with Crippen LogP contribution in [0.5, 0.6) is 5.75 Å². The first-order valence-electron chi connectivity index (χ1n) is 6.40. The molecule has 1 aliphatic rings. The molecule has 1 N–H and O–H groups in total. The Hall–Kier alpha value is -1.62. The van der Waals surface area contributed by atoms with Crippen molar-refractivity contribution in [1.29, 1.82) is 0 Å². The molecule has 0 aliphatic carbocycles. The average Bonchev–Trinajstić information content (AvgIpc) is 2.40. The average molecular weight is 266 g/mol. The Morgan fingerprint density at radius 1 is 1.53 bits per heavy atom. The maximum absolute atomic E-state index is 13.5. The first-order chi connectivity index (χ1) is 9.10. The van der Waals surface area contributed by atoms with E-state index in [2.05, 4.69) is 5.32 Å². The fourth-order valence-corrected chi connectivity index (χ4v) is 2.26. The van der Waals surface area contributed by atoms with Crippen LogP contribution in [0.3, 0.4) is 0 Å². The molecule has 5 heteroatoms. The van der Waals surface area contributed by atoms with Gasteiger partial charge in [-0.2, -0.15) is 0 Å². The molecule has 0 radical (unpaired) electrons. The van der Waals surface area contributed by atoms with E-state index in [1.54, 1.807) is 11.0 Å². The number of methoxy groups -OCH3 is 1. The van der Waals surface area contributed by atoms with E-state index in [9.17, 15) is 9.18 Å². The fraction of sp³-hybridized carbons (Fsp3) is 0.500. The van der Waals surface area contributed by atoms with Crippen LogP contribution in [-0.2, 0) is 11.3 Å². The van der Waals surface area contributed by atoms with Crippen molar-refractivity contribution in [2.45, 2.75) is 25.4 Å². The molecule has 1 aromatic rings. The standard InChI is InChI=1S/C14H19FN2O2/c1-17-9-11(4-6-14(17)18)16-8-10-3-5-13(19-2)12(15)7-10/h3,5,7,11,16H,4,6,8-9H2,1-2H3. The Morgan fingerprint density at radius 3 is 2.95 bits per heavy atom. The molecule has 0 saturated carbocycles. The van der Waals surface area contributed by atoms with Gasteiger partial charge in [-0.3, -0.25) is 4.79 Å². The summed E-state index contributed by atoms with van der Waals surface area (Å²) in [5.41, 5.74) is 0.873. The number of hydrogen-bond acceptors (Lipinski definition) is 3. The van der Waals surface area contributed by atoms with Gasteiger partial charge in [0.25, 0.3) is 0 Å². The van der Waals surface area contributed by atoms with Crippen LogP contribution in [0, 0.1) is 5.82 Å². The van der Waals surface area contributed by atoms with Crippen LogP contribution in [0.15, 0.2) is 18.2 Å². The Labute approximate surface area is 112 Å². The molecule has 1 aromatic carbocycles. The van der Waals surface area contributed by atoms with Crippen molar-refractivity contribution >= 4 is 5.91 Å². The second kappa shape index (κ2) is 6.02. The van der Waals surface area contributed by atoms with E-state index in [-0.39, 0.29) is 23.5 Å². The van der Waals surface area contributed by atoms with E-state index in [0.29, 0.717) is 19.5 Å². The van der Waals surface area contributed by atoms with Crippen LogP contribution in [0.1, 0.15) is 18.4 Å². The lowest BCUT2D eigenvalue weighted by Crippen LogP contribution is -2.46. The number of rotatable bonds is 4. The largest absolute Gasteiger partial charge is 0.494 e. The van der Waals surface area contributed by atoms with E-state index in [4.69, 9.17) is 4.74 Å². The number of halogens is 1. The summed E-state index contributed by atoms with van der Waals surface area (Å²) < 4.78 is 18.4. The summed E-state index contributed by atoms with van der Waals surface area (Å²) >= 11 is 0. The van der Waals surface area contributed by atoms with E-state index < -0.39 is 0 Å². The highest BCUT2D eigenvalue weighted by molar-refractivity contribution is 5.76. The van der Waals surface area contributed by atoms with E-state index in [0.717, 1.165) is 12.0 Å². The summed E-state index contributed by atoms with van der Waals surface area (Å²) in [5, 5.41) is 3.35. The van der Waals surface area contributed by atoms with E-state index in [1.165, 1.54) is 13.2 Å². The van der Waals surface area contributed by atoms with Crippen LogP contribution >= 0.6 is 0 Å². The van der Waals surface area contributed by atoms with Gasteiger partial charge >= 0.3 is 0 Å². The molecule has 4 nitrogen and oxygen atoms in total. The third-order valence-electron chi connectivity index (χ3n) is 3.44. The Kier molecular flexibility index (Phi) is 4.37. The topological polar surface area (TPSA) is 41.6 Å². The third-order valence-corrected chi connectivity index (χ3v) is 3.44. The summed E-state index contributed by atoms with van der Waals surface area (Å²) in [5.74, 6) is 0.0954. The van der Waals surface area contributed by atoms with Gasteiger partial charge in [0, 0.05) is 32.6 Å². The zero-order valence-electron chi connectivity index (χ0n) is 11.3. The van der Waals surface area contributed by atoms with Gasteiger partial charge in [-0.15, -0.1) is 0 Å². The second-order valence-corrected chi connectivity index (χ2v) is 4.86. The number of likely N-dealkylation sites (tertiary alicyclic amines) is 1. The fourth-order valence-electron chi connectivity index (χ4n) is 2.26. The molecule has 0 aromatic heterocycles. The molecule has 1 heterocycles.